The number of nitrogens with one attached hydrogen (secondary N) is 1. The number of hydrogen-bond donors (Lipinski definition) is 1. The highest BCUT2D eigenvalue weighted by Crippen LogP contribution is 2.17. The highest BCUT2D eigenvalue weighted by Gasteiger charge is 2.17. The zero-order chi connectivity index (χ0) is 17.5. The molecule has 0 atom stereocenters. The van der Waals surface area contributed by atoms with Gasteiger partial charge in [0.25, 0.3) is 5.91 Å². The number of nitrogens with zero attached hydrogens (tertiary/aromatic N) is 2. The van der Waals surface area contributed by atoms with E-state index >= 15 is 0 Å². The molecule has 2 aromatic rings. The minimum absolute atomic E-state index is 0.0498. The highest BCUT2D eigenvalue weighted by atomic mass is 16.5. The molecule has 0 aliphatic heterocycles. The van der Waals surface area contributed by atoms with Crippen LogP contribution >= 0.6 is 0 Å². The number of rotatable bonds is 8. The Morgan fingerprint density at radius 3 is 2.62 bits per heavy atom. The fourth-order valence-electron chi connectivity index (χ4n) is 2.46. The second-order valence-electron chi connectivity index (χ2n) is 6.38. The van der Waals surface area contributed by atoms with E-state index in [2.05, 4.69) is 17.3 Å². The molecular formula is C19H27N3O2. The molecule has 0 fully saturated rings. The van der Waals surface area contributed by atoms with Crippen LogP contribution in [0.3, 0.4) is 0 Å². The average Bonchev–Trinajstić information content (AvgIpc) is 2.94. The van der Waals surface area contributed by atoms with Gasteiger partial charge >= 0.3 is 0 Å². The van der Waals surface area contributed by atoms with E-state index in [0.29, 0.717) is 18.7 Å². The second kappa shape index (κ2) is 8.52. The number of unbranched alkanes of at least 4 members (excludes halogenated alkanes) is 1. The van der Waals surface area contributed by atoms with E-state index in [-0.39, 0.29) is 11.8 Å². The Balaban J connectivity index is 1.69. The Kier molecular flexibility index (Phi) is 6.41. The lowest BCUT2D eigenvalue weighted by molar-refractivity contribution is 0.0951. The summed E-state index contributed by atoms with van der Waals surface area (Å²) in [6, 6.07) is 8.03. The van der Waals surface area contributed by atoms with E-state index in [9.17, 15) is 4.79 Å². The third kappa shape index (κ3) is 5.11. The van der Waals surface area contributed by atoms with Gasteiger partial charge in [-0.1, -0.05) is 31.5 Å². The van der Waals surface area contributed by atoms with Crippen molar-refractivity contribution < 1.29 is 9.53 Å². The first-order valence-electron chi connectivity index (χ1n) is 8.48. The van der Waals surface area contributed by atoms with Gasteiger partial charge in [0, 0.05) is 19.8 Å². The second-order valence-corrected chi connectivity index (χ2v) is 6.38. The molecule has 0 spiro atoms. The molecule has 2 rings (SSSR count). The molecule has 1 aromatic heterocycles. The summed E-state index contributed by atoms with van der Waals surface area (Å²) in [7, 11) is 1.84. The number of ether oxygens (including phenoxy) is 1. The molecule has 0 aliphatic carbocycles. The van der Waals surface area contributed by atoms with Gasteiger partial charge in [0.2, 0.25) is 0 Å². The lowest BCUT2D eigenvalue weighted by Crippen LogP contribution is -2.25. The first-order chi connectivity index (χ1) is 11.5. The van der Waals surface area contributed by atoms with Crippen LogP contribution in [0.4, 0.5) is 0 Å². The molecular weight excluding hydrogens is 302 g/mol. The Labute approximate surface area is 144 Å². The number of aryl methyl sites for hydroxylation is 2. The molecule has 130 valence electrons. The van der Waals surface area contributed by atoms with Crippen molar-refractivity contribution in [3.63, 3.8) is 0 Å². The molecule has 5 nitrogen and oxygen atoms in total. The molecule has 1 amide bonds. The standard InChI is InChI=1S/C19H27N3O2/c1-14(2)18-17(13-22(4)21-18)19(23)20-11-5-6-12-24-16-9-7-15(3)8-10-16/h7-10,13-14H,5-6,11-12H2,1-4H3,(H,20,23). The van der Waals surface area contributed by atoms with Crippen molar-refractivity contribution in [3.8, 4) is 5.75 Å². The maximum absolute atomic E-state index is 12.3. The Morgan fingerprint density at radius 2 is 1.96 bits per heavy atom. The Hall–Kier alpha value is -2.30. The van der Waals surface area contributed by atoms with Crippen LogP contribution < -0.4 is 10.1 Å². The summed E-state index contributed by atoms with van der Waals surface area (Å²) in [4.78, 5) is 12.3. The van der Waals surface area contributed by atoms with Gasteiger partial charge in [0.05, 0.1) is 17.9 Å². The predicted molar refractivity (Wildman–Crippen MR) is 95.5 cm³/mol. The molecule has 5 heteroatoms. The molecule has 0 saturated heterocycles. The maximum Gasteiger partial charge on any atom is 0.254 e. The minimum Gasteiger partial charge on any atom is -0.494 e. The van der Waals surface area contributed by atoms with Crippen molar-refractivity contribution in [2.75, 3.05) is 13.2 Å². The van der Waals surface area contributed by atoms with Gasteiger partial charge in [0.1, 0.15) is 5.75 Å². The summed E-state index contributed by atoms with van der Waals surface area (Å²) in [5.41, 5.74) is 2.74. The third-order valence-corrected chi connectivity index (χ3v) is 3.80. The van der Waals surface area contributed by atoms with Crippen molar-refractivity contribution in [1.29, 1.82) is 0 Å². The zero-order valence-electron chi connectivity index (χ0n) is 15.0. The Morgan fingerprint density at radius 1 is 1.25 bits per heavy atom. The SMILES string of the molecule is Cc1ccc(OCCCCNC(=O)c2cn(C)nc2C(C)C)cc1. The number of amides is 1. The van der Waals surface area contributed by atoms with E-state index in [1.807, 2.05) is 45.2 Å². The summed E-state index contributed by atoms with van der Waals surface area (Å²) in [6.45, 7) is 7.44. The summed E-state index contributed by atoms with van der Waals surface area (Å²) in [6.07, 6.45) is 3.57. The third-order valence-electron chi connectivity index (χ3n) is 3.80. The monoisotopic (exact) mass is 329 g/mol. The van der Waals surface area contributed by atoms with Crippen molar-refractivity contribution in [2.45, 2.75) is 39.5 Å². The minimum atomic E-state index is -0.0498. The van der Waals surface area contributed by atoms with E-state index in [0.717, 1.165) is 24.3 Å². The van der Waals surface area contributed by atoms with Crippen molar-refractivity contribution in [1.82, 2.24) is 15.1 Å². The summed E-state index contributed by atoms with van der Waals surface area (Å²) < 4.78 is 7.37. The van der Waals surface area contributed by atoms with Crippen molar-refractivity contribution in [3.05, 3.63) is 47.3 Å². The summed E-state index contributed by atoms with van der Waals surface area (Å²) >= 11 is 0. The maximum atomic E-state index is 12.3. The number of hydrogen-bond acceptors (Lipinski definition) is 3. The molecule has 1 N–H and O–H groups in total. The van der Waals surface area contributed by atoms with Crippen molar-refractivity contribution >= 4 is 5.91 Å². The average molecular weight is 329 g/mol. The number of carbonyl (C=O) groups is 1. The number of benzene rings is 1. The van der Waals surface area contributed by atoms with Gasteiger partial charge in [-0.15, -0.1) is 0 Å². The summed E-state index contributed by atoms with van der Waals surface area (Å²) in [5.74, 6) is 1.07. The van der Waals surface area contributed by atoms with Crippen LogP contribution in [0.25, 0.3) is 0 Å². The first-order valence-corrected chi connectivity index (χ1v) is 8.48. The molecule has 0 radical (unpaired) electrons. The van der Waals surface area contributed by atoms with Gasteiger partial charge in [0.15, 0.2) is 0 Å². The van der Waals surface area contributed by atoms with Crippen molar-refractivity contribution in [2.24, 2.45) is 7.05 Å². The van der Waals surface area contributed by atoms with E-state index < -0.39 is 0 Å². The quantitative estimate of drug-likeness (QED) is 0.755. The fourth-order valence-corrected chi connectivity index (χ4v) is 2.46. The van der Waals surface area contributed by atoms with Gasteiger partial charge in [-0.2, -0.15) is 5.10 Å². The molecule has 0 aliphatic rings. The largest absolute Gasteiger partial charge is 0.494 e. The van der Waals surface area contributed by atoms with Crippen LogP contribution in [-0.4, -0.2) is 28.8 Å². The number of aromatic nitrogens is 2. The molecule has 1 heterocycles. The molecule has 24 heavy (non-hydrogen) atoms. The van der Waals surface area contributed by atoms with E-state index in [1.165, 1.54) is 5.56 Å². The van der Waals surface area contributed by atoms with Crippen LogP contribution in [0.15, 0.2) is 30.5 Å². The molecule has 0 saturated carbocycles. The van der Waals surface area contributed by atoms with Crippen LogP contribution in [-0.2, 0) is 7.05 Å². The summed E-state index contributed by atoms with van der Waals surface area (Å²) in [5, 5.41) is 7.33. The molecule has 0 unspecified atom stereocenters. The normalized spacial score (nSPS) is 10.9. The van der Waals surface area contributed by atoms with E-state index in [4.69, 9.17) is 4.74 Å². The lowest BCUT2D eigenvalue weighted by atomic mass is 10.1. The fraction of sp³-hybridized carbons (Fsp3) is 0.474. The van der Waals surface area contributed by atoms with Crippen LogP contribution in [0.1, 0.15) is 54.2 Å². The predicted octanol–water partition coefficient (Wildman–Crippen LogP) is 3.44. The van der Waals surface area contributed by atoms with Gasteiger partial charge < -0.3 is 10.1 Å². The van der Waals surface area contributed by atoms with Crippen LogP contribution in [0.5, 0.6) is 5.75 Å². The smallest absolute Gasteiger partial charge is 0.254 e. The Bertz CT molecular complexity index is 660. The number of carbonyl (C=O) groups excluding carboxylic acids is 1. The lowest BCUT2D eigenvalue weighted by Gasteiger charge is -2.08. The highest BCUT2D eigenvalue weighted by molar-refractivity contribution is 5.95. The topological polar surface area (TPSA) is 56.1 Å². The van der Waals surface area contributed by atoms with Gasteiger partial charge in [-0.3, -0.25) is 9.48 Å². The first kappa shape index (κ1) is 18.0. The molecule has 0 bridgehead atoms. The molecule has 1 aromatic carbocycles. The zero-order valence-corrected chi connectivity index (χ0v) is 15.0. The van der Waals surface area contributed by atoms with Crippen LogP contribution in [0, 0.1) is 6.92 Å². The van der Waals surface area contributed by atoms with Gasteiger partial charge in [-0.25, -0.2) is 0 Å². The van der Waals surface area contributed by atoms with Crippen LogP contribution in [0.2, 0.25) is 0 Å². The van der Waals surface area contributed by atoms with Gasteiger partial charge in [-0.05, 0) is 37.8 Å². The van der Waals surface area contributed by atoms with E-state index in [1.54, 1.807) is 10.9 Å².